The lowest BCUT2D eigenvalue weighted by molar-refractivity contribution is 0.477. The predicted molar refractivity (Wildman–Crippen MR) is 183 cm³/mol. The first-order valence-corrected chi connectivity index (χ1v) is 15.4. The first kappa shape index (κ1) is 26.1. The molecule has 0 unspecified atom stereocenters. The third-order valence-electron chi connectivity index (χ3n) is 9.08. The number of aromatic nitrogens is 2. The monoisotopic (exact) mass is 616 g/mol. The highest BCUT2D eigenvalue weighted by Crippen LogP contribution is 2.59. The zero-order valence-electron chi connectivity index (χ0n) is 25.0. The van der Waals surface area contributed by atoms with Crippen LogP contribution in [0.5, 0.6) is 23.0 Å². The van der Waals surface area contributed by atoms with E-state index in [1.54, 1.807) is 0 Å². The number of hydrogen-bond acceptors (Lipinski definition) is 8. The molecule has 0 saturated heterocycles. The molecule has 0 amide bonds. The van der Waals surface area contributed by atoms with Crippen LogP contribution in [-0.2, 0) is 0 Å². The molecule has 0 radical (unpaired) electrons. The number of benzene rings is 6. The summed E-state index contributed by atoms with van der Waals surface area (Å²) in [5.74, 6) is 2.97. The molecule has 8 heteroatoms. The SMILES string of the molecule is N#Cc1nc2c(nc1C#N)-c1ccc(N3c4ccccc4Oc4ccccc43)c3c(N4c5ccccc5Oc5ccccc54)ccc-2c13. The number of hydrogen-bond donors (Lipinski definition) is 0. The molecular formula is C40H20N6O2. The Bertz CT molecular complexity index is 2370. The predicted octanol–water partition coefficient (Wildman–Crippen LogP) is 10.2. The van der Waals surface area contributed by atoms with Gasteiger partial charge in [-0.1, -0.05) is 48.5 Å². The van der Waals surface area contributed by atoms with Crippen LogP contribution in [-0.4, -0.2) is 9.97 Å². The van der Waals surface area contributed by atoms with Gasteiger partial charge in [0.2, 0.25) is 0 Å². The van der Waals surface area contributed by atoms with E-state index in [2.05, 4.69) is 58.3 Å². The Morgan fingerprint density at radius 2 is 0.771 bits per heavy atom. The van der Waals surface area contributed by atoms with Gasteiger partial charge in [0.05, 0.1) is 45.5 Å². The smallest absolute Gasteiger partial charge is 0.177 e. The van der Waals surface area contributed by atoms with Crippen LogP contribution in [0.3, 0.4) is 0 Å². The molecule has 3 heterocycles. The Hall–Kier alpha value is -7.16. The molecule has 0 spiro atoms. The summed E-state index contributed by atoms with van der Waals surface area (Å²) in [4.78, 5) is 13.9. The van der Waals surface area contributed by atoms with Gasteiger partial charge in [-0.05, 0) is 72.8 Å². The molecular weight excluding hydrogens is 596 g/mol. The van der Waals surface area contributed by atoms with Crippen LogP contribution in [0.15, 0.2) is 121 Å². The number of ether oxygens (including phenoxy) is 2. The van der Waals surface area contributed by atoms with Crippen LogP contribution in [0.4, 0.5) is 34.1 Å². The number of para-hydroxylation sites is 8. The molecule has 0 fully saturated rings. The average molecular weight is 617 g/mol. The van der Waals surface area contributed by atoms with Crippen molar-refractivity contribution in [1.82, 2.24) is 9.97 Å². The van der Waals surface area contributed by atoms with E-state index in [-0.39, 0.29) is 11.4 Å². The molecule has 1 aromatic heterocycles. The molecule has 222 valence electrons. The van der Waals surface area contributed by atoms with Crippen molar-refractivity contribution < 1.29 is 9.47 Å². The lowest BCUT2D eigenvalue weighted by atomic mass is 9.97. The second kappa shape index (κ2) is 9.67. The maximum absolute atomic E-state index is 9.85. The lowest BCUT2D eigenvalue weighted by Gasteiger charge is -2.36. The molecule has 48 heavy (non-hydrogen) atoms. The summed E-state index contributed by atoms with van der Waals surface area (Å²) in [6.45, 7) is 0. The fraction of sp³-hybridized carbons (Fsp3) is 0. The Labute approximate surface area is 274 Å². The standard InChI is InChI=1S/C40H20N6O2/c41-21-25-26(22-42)44-40-24-18-20-32(46-29-11-3-7-15-35(29)48-36-16-8-4-12-30(36)46)38-31(19-17-23(37(24)38)39(40)43-25)45-27-9-1-5-13-33(27)47-34-14-6-2-10-28(34)45/h1-20H. The van der Waals surface area contributed by atoms with Gasteiger partial charge in [-0.25, -0.2) is 9.97 Å². The first-order valence-electron chi connectivity index (χ1n) is 15.4. The van der Waals surface area contributed by atoms with E-state index in [9.17, 15) is 10.5 Å². The van der Waals surface area contributed by atoms with Crippen LogP contribution in [0, 0.1) is 22.7 Å². The van der Waals surface area contributed by atoms with E-state index in [4.69, 9.17) is 19.4 Å². The number of anilines is 6. The summed E-state index contributed by atoms with van der Waals surface area (Å²) in [6.07, 6.45) is 0. The second-order valence-corrected chi connectivity index (χ2v) is 11.6. The molecule has 3 aliphatic rings. The summed E-state index contributed by atoms with van der Waals surface area (Å²) in [7, 11) is 0. The van der Waals surface area contributed by atoms with Crippen molar-refractivity contribution in [1.29, 1.82) is 10.5 Å². The third-order valence-corrected chi connectivity index (χ3v) is 9.08. The molecule has 8 nitrogen and oxygen atoms in total. The minimum atomic E-state index is 0.00794. The van der Waals surface area contributed by atoms with Crippen LogP contribution < -0.4 is 19.3 Å². The molecule has 2 aliphatic heterocycles. The van der Waals surface area contributed by atoms with E-state index in [1.807, 2.05) is 84.9 Å². The average Bonchev–Trinajstić information content (AvgIpc) is 3.46. The van der Waals surface area contributed by atoms with Gasteiger partial charge in [0.15, 0.2) is 34.4 Å². The molecule has 6 aromatic carbocycles. The van der Waals surface area contributed by atoms with Gasteiger partial charge in [0.1, 0.15) is 12.1 Å². The van der Waals surface area contributed by atoms with E-state index >= 15 is 0 Å². The summed E-state index contributed by atoms with van der Waals surface area (Å²) >= 11 is 0. The molecule has 10 rings (SSSR count). The highest BCUT2D eigenvalue weighted by Gasteiger charge is 2.35. The third kappa shape index (κ3) is 3.46. The highest BCUT2D eigenvalue weighted by molar-refractivity contribution is 6.23. The van der Waals surface area contributed by atoms with Gasteiger partial charge in [0.25, 0.3) is 0 Å². The maximum atomic E-state index is 9.85. The van der Waals surface area contributed by atoms with Gasteiger partial charge in [-0.3, -0.25) is 0 Å². The van der Waals surface area contributed by atoms with E-state index in [1.165, 1.54) is 0 Å². The van der Waals surface area contributed by atoms with Gasteiger partial charge in [-0.2, -0.15) is 10.5 Å². The normalized spacial score (nSPS) is 12.8. The van der Waals surface area contributed by atoms with Crippen molar-refractivity contribution in [2.24, 2.45) is 0 Å². The molecule has 0 saturated carbocycles. The van der Waals surface area contributed by atoms with E-state index in [0.29, 0.717) is 11.4 Å². The van der Waals surface area contributed by atoms with Crippen LogP contribution >= 0.6 is 0 Å². The molecule has 7 aromatic rings. The number of fused-ring (bicyclic) bond motifs is 7. The van der Waals surface area contributed by atoms with Crippen LogP contribution in [0.2, 0.25) is 0 Å². The van der Waals surface area contributed by atoms with Gasteiger partial charge >= 0.3 is 0 Å². The van der Waals surface area contributed by atoms with Crippen molar-refractivity contribution in [3.8, 4) is 57.7 Å². The van der Waals surface area contributed by atoms with Crippen molar-refractivity contribution in [2.45, 2.75) is 0 Å². The van der Waals surface area contributed by atoms with Crippen molar-refractivity contribution in [3.05, 3.63) is 133 Å². The van der Waals surface area contributed by atoms with Gasteiger partial charge in [0, 0.05) is 21.9 Å². The van der Waals surface area contributed by atoms with Gasteiger partial charge < -0.3 is 19.3 Å². The number of rotatable bonds is 2. The van der Waals surface area contributed by atoms with Crippen molar-refractivity contribution >= 4 is 44.9 Å². The number of nitrogens with zero attached hydrogens (tertiary/aromatic N) is 6. The minimum absolute atomic E-state index is 0.00794. The van der Waals surface area contributed by atoms with E-state index in [0.717, 1.165) is 79.0 Å². The highest BCUT2D eigenvalue weighted by atomic mass is 16.5. The van der Waals surface area contributed by atoms with Crippen molar-refractivity contribution in [3.63, 3.8) is 0 Å². The number of nitriles is 2. The summed E-state index contributed by atoms with van der Waals surface area (Å²) in [5, 5.41) is 21.6. The Kier molecular flexibility index (Phi) is 5.26. The zero-order chi connectivity index (χ0) is 31.9. The maximum Gasteiger partial charge on any atom is 0.177 e. The Morgan fingerprint density at radius 1 is 0.417 bits per heavy atom. The van der Waals surface area contributed by atoms with Gasteiger partial charge in [-0.15, -0.1) is 0 Å². The summed E-state index contributed by atoms with van der Waals surface area (Å²) < 4.78 is 12.8. The topological polar surface area (TPSA) is 98.3 Å². The molecule has 1 aliphatic carbocycles. The van der Waals surface area contributed by atoms with E-state index < -0.39 is 0 Å². The Balaban J connectivity index is 1.35. The fourth-order valence-electron chi connectivity index (χ4n) is 7.12. The quantitative estimate of drug-likeness (QED) is 0.189. The fourth-order valence-corrected chi connectivity index (χ4v) is 7.12. The largest absolute Gasteiger partial charge is 0.453 e. The van der Waals surface area contributed by atoms with Crippen LogP contribution in [0.25, 0.3) is 33.3 Å². The lowest BCUT2D eigenvalue weighted by Crippen LogP contribution is -2.19. The minimum Gasteiger partial charge on any atom is -0.453 e. The summed E-state index contributed by atoms with van der Waals surface area (Å²) in [5.41, 5.74) is 8.31. The van der Waals surface area contributed by atoms with Crippen molar-refractivity contribution in [2.75, 3.05) is 9.80 Å². The molecule has 0 N–H and O–H groups in total. The van der Waals surface area contributed by atoms with Crippen LogP contribution in [0.1, 0.15) is 11.4 Å². The first-order chi connectivity index (χ1) is 23.7. The molecule has 0 bridgehead atoms. The summed E-state index contributed by atoms with van der Waals surface area (Å²) in [6, 6.07) is 44.5. The zero-order valence-corrected chi connectivity index (χ0v) is 25.0. The second-order valence-electron chi connectivity index (χ2n) is 11.6. The molecule has 0 atom stereocenters. The Morgan fingerprint density at radius 3 is 1.12 bits per heavy atom.